The van der Waals surface area contributed by atoms with Gasteiger partial charge in [-0.2, -0.15) is 5.10 Å². The Morgan fingerprint density at radius 2 is 1.75 bits per heavy atom. The molecule has 2 aromatic rings. The van der Waals surface area contributed by atoms with Crippen LogP contribution in [0.25, 0.3) is 0 Å². The van der Waals surface area contributed by atoms with Crippen LogP contribution >= 0.6 is 0 Å². The van der Waals surface area contributed by atoms with Gasteiger partial charge in [-0.3, -0.25) is 9.59 Å². The number of carbonyl (C=O) groups excluding carboxylic acids is 2. The largest absolute Gasteiger partial charge is 0.497 e. The second-order valence-corrected chi connectivity index (χ2v) is 5.77. The summed E-state index contributed by atoms with van der Waals surface area (Å²) in [6, 6.07) is 10.2. The Balaban J connectivity index is 1.87. The number of hydrazone groups is 1. The predicted molar refractivity (Wildman–Crippen MR) is 105 cm³/mol. The molecule has 0 radical (unpaired) electrons. The maximum atomic E-state index is 12.2. The van der Waals surface area contributed by atoms with E-state index in [2.05, 4.69) is 15.8 Å². The predicted octanol–water partition coefficient (Wildman–Crippen LogP) is 1.90. The zero-order chi connectivity index (χ0) is 20.5. The number of hydrogen-bond donors (Lipinski definition) is 2. The number of nitrogens with one attached hydrogen (secondary N) is 2. The minimum atomic E-state index is -0.448. The summed E-state index contributed by atoms with van der Waals surface area (Å²) in [4.78, 5) is 24.1. The number of amides is 2. The molecule has 8 heteroatoms. The number of nitrogens with zero attached hydrogens (tertiary/aromatic N) is 1. The van der Waals surface area contributed by atoms with Crippen LogP contribution < -0.4 is 25.0 Å². The maximum absolute atomic E-state index is 12.2. The number of rotatable bonds is 8. The smallest absolute Gasteiger partial charge is 0.259 e. The molecule has 0 spiro atoms. The first-order chi connectivity index (χ1) is 13.5. The Bertz CT molecular complexity index is 880. The number of methoxy groups -OCH3 is 3. The molecular weight excluding hydrogens is 362 g/mol. The normalized spacial score (nSPS) is 10.4. The van der Waals surface area contributed by atoms with Crippen molar-refractivity contribution in [3.05, 3.63) is 53.1 Å². The highest BCUT2D eigenvalue weighted by atomic mass is 16.5. The standard InChI is InChI=1S/C20H23N3O5/c1-13-9-16(26-2)7-5-15(13)11-22-23-19(24)12-21-20(25)14-6-8-17(27-3)18(10-14)28-4/h5-11H,12H2,1-4H3,(H,21,25)(H,23,24)/b22-11-. The first-order valence-corrected chi connectivity index (χ1v) is 8.45. The van der Waals surface area contributed by atoms with E-state index in [1.807, 2.05) is 19.1 Å². The van der Waals surface area contributed by atoms with Crippen LogP contribution in [0, 0.1) is 6.92 Å². The zero-order valence-corrected chi connectivity index (χ0v) is 16.2. The molecule has 0 aliphatic heterocycles. The van der Waals surface area contributed by atoms with E-state index in [-0.39, 0.29) is 6.54 Å². The van der Waals surface area contributed by atoms with Crippen molar-refractivity contribution in [1.82, 2.24) is 10.7 Å². The van der Waals surface area contributed by atoms with Gasteiger partial charge >= 0.3 is 0 Å². The van der Waals surface area contributed by atoms with Gasteiger partial charge in [0.15, 0.2) is 11.5 Å². The summed E-state index contributed by atoms with van der Waals surface area (Å²) in [6.07, 6.45) is 1.53. The second-order valence-electron chi connectivity index (χ2n) is 5.77. The van der Waals surface area contributed by atoms with E-state index in [9.17, 15) is 9.59 Å². The molecule has 8 nitrogen and oxygen atoms in total. The Kier molecular flexibility index (Phi) is 7.38. The van der Waals surface area contributed by atoms with E-state index < -0.39 is 11.8 Å². The van der Waals surface area contributed by atoms with E-state index in [0.29, 0.717) is 17.1 Å². The molecule has 0 aliphatic rings. The summed E-state index contributed by atoms with van der Waals surface area (Å²) in [5, 5.41) is 6.43. The minimum absolute atomic E-state index is 0.216. The van der Waals surface area contributed by atoms with E-state index in [1.165, 1.54) is 26.5 Å². The number of benzene rings is 2. The molecular formula is C20H23N3O5. The molecule has 0 atom stereocenters. The van der Waals surface area contributed by atoms with E-state index in [4.69, 9.17) is 14.2 Å². The second kappa shape index (κ2) is 9.96. The Hall–Kier alpha value is -3.55. The van der Waals surface area contributed by atoms with Crippen molar-refractivity contribution in [2.75, 3.05) is 27.9 Å². The van der Waals surface area contributed by atoms with E-state index in [1.54, 1.807) is 25.3 Å². The van der Waals surface area contributed by atoms with Crippen molar-refractivity contribution >= 4 is 18.0 Å². The third-order valence-electron chi connectivity index (χ3n) is 3.93. The van der Waals surface area contributed by atoms with Gasteiger partial charge in [-0.1, -0.05) is 0 Å². The van der Waals surface area contributed by atoms with Gasteiger partial charge in [0.2, 0.25) is 0 Å². The zero-order valence-electron chi connectivity index (χ0n) is 16.2. The van der Waals surface area contributed by atoms with Crippen molar-refractivity contribution < 1.29 is 23.8 Å². The fraction of sp³-hybridized carbons (Fsp3) is 0.250. The van der Waals surface area contributed by atoms with Crippen molar-refractivity contribution in [2.24, 2.45) is 5.10 Å². The molecule has 0 unspecified atom stereocenters. The molecule has 0 saturated carbocycles. The lowest BCUT2D eigenvalue weighted by Crippen LogP contribution is -2.34. The van der Waals surface area contributed by atoms with Gasteiger partial charge in [0.25, 0.3) is 11.8 Å². The van der Waals surface area contributed by atoms with Crippen molar-refractivity contribution in [3.63, 3.8) is 0 Å². The highest BCUT2D eigenvalue weighted by Crippen LogP contribution is 2.27. The number of aryl methyl sites for hydroxylation is 1. The highest BCUT2D eigenvalue weighted by molar-refractivity contribution is 5.97. The first kappa shape index (κ1) is 20.8. The van der Waals surface area contributed by atoms with Gasteiger partial charge in [-0.25, -0.2) is 5.43 Å². The Morgan fingerprint density at radius 1 is 1.00 bits per heavy atom. The van der Waals surface area contributed by atoms with Crippen LogP contribution in [-0.2, 0) is 4.79 Å². The van der Waals surface area contributed by atoms with E-state index in [0.717, 1.165) is 16.9 Å². The van der Waals surface area contributed by atoms with Gasteiger partial charge in [-0.05, 0) is 54.4 Å². The Morgan fingerprint density at radius 3 is 2.39 bits per heavy atom. The molecule has 0 bridgehead atoms. The number of hydrogen-bond acceptors (Lipinski definition) is 6. The SMILES string of the molecule is COc1ccc(/C=N\NC(=O)CNC(=O)c2ccc(OC)c(OC)c2)c(C)c1. The molecule has 0 heterocycles. The van der Waals surface area contributed by atoms with Crippen LogP contribution in [-0.4, -0.2) is 45.9 Å². The molecule has 0 fully saturated rings. The van der Waals surface area contributed by atoms with Gasteiger partial charge in [0.1, 0.15) is 5.75 Å². The fourth-order valence-electron chi connectivity index (χ4n) is 2.37. The molecule has 2 aromatic carbocycles. The average molecular weight is 385 g/mol. The summed E-state index contributed by atoms with van der Waals surface area (Å²) in [7, 11) is 4.59. The summed E-state index contributed by atoms with van der Waals surface area (Å²) >= 11 is 0. The molecule has 2 N–H and O–H groups in total. The lowest BCUT2D eigenvalue weighted by Gasteiger charge is -2.09. The highest BCUT2D eigenvalue weighted by Gasteiger charge is 2.11. The molecule has 148 valence electrons. The van der Waals surface area contributed by atoms with Crippen molar-refractivity contribution in [3.8, 4) is 17.2 Å². The quantitative estimate of drug-likeness (QED) is 0.534. The van der Waals surface area contributed by atoms with Crippen molar-refractivity contribution in [2.45, 2.75) is 6.92 Å². The lowest BCUT2D eigenvalue weighted by molar-refractivity contribution is -0.120. The lowest BCUT2D eigenvalue weighted by atomic mass is 10.1. The van der Waals surface area contributed by atoms with Gasteiger partial charge < -0.3 is 19.5 Å². The summed E-state index contributed by atoms with van der Waals surface area (Å²) < 4.78 is 15.4. The average Bonchev–Trinajstić information content (AvgIpc) is 2.72. The van der Waals surface area contributed by atoms with Crippen LogP contribution in [0.3, 0.4) is 0 Å². The van der Waals surface area contributed by atoms with Crippen LogP contribution in [0.2, 0.25) is 0 Å². The van der Waals surface area contributed by atoms with Crippen molar-refractivity contribution in [1.29, 1.82) is 0 Å². The summed E-state index contributed by atoms with van der Waals surface area (Å²) in [6.45, 7) is 1.70. The molecule has 0 saturated heterocycles. The third kappa shape index (κ3) is 5.47. The number of carbonyl (C=O) groups is 2. The van der Waals surface area contributed by atoms with Crippen LogP contribution in [0.15, 0.2) is 41.5 Å². The van der Waals surface area contributed by atoms with Gasteiger partial charge in [-0.15, -0.1) is 0 Å². The monoisotopic (exact) mass is 385 g/mol. The topological polar surface area (TPSA) is 98.2 Å². The first-order valence-electron chi connectivity index (χ1n) is 8.45. The minimum Gasteiger partial charge on any atom is -0.497 e. The number of ether oxygens (including phenoxy) is 3. The molecule has 0 aromatic heterocycles. The Labute approximate surface area is 163 Å². The van der Waals surface area contributed by atoms with Gasteiger partial charge in [0, 0.05) is 5.56 Å². The summed E-state index contributed by atoms with van der Waals surface area (Å²) in [5.74, 6) is 0.831. The van der Waals surface area contributed by atoms with Gasteiger partial charge in [0.05, 0.1) is 34.1 Å². The maximum Gasteiger partial charge on any atom is 0.259 e. The molecule has 2 amide bonds. The molecule has 0 aliphatic carbocycles. The van der Waals surface area contributed by atoms with E-state index >= 15 is 0 Å². The fourth-order valence-corrected chi connectivity index (χ4v) is 2.37. The van der Waals surface area contributed by atoms with Crippen LogP contribution in [0.1, 0.15) is 21.5 Å². The van der Waals surface area contributed by atoms with Crippen LogP contribution in [0.5, 0.6) is 17.2 Å². The summed E-state index contributed by atoms with van der Waals surface area (Å²) in [5.41, 5.74) is 4.52. The molecule has 2 rings (SSSR count). The third-order valence-corrected chi connectivity index (χ3v) is 3.93. The van der Waals surface area contributed by atoms with Crippen LogP contribution in [0.4, 0.5) is 0 Å². The molecule has 28 heavy (non-hydrogen) atoms.